The molecule has 0 spiro atoms. The van der Waals surface area contributed by atoms with E-state index in [0.717, 1.165) is 15.9 Å². The lowest BCUT2D eigenvalue weighted by atomic mass is 9.97. The number of nitriles is 1. The molecule has 0 radical (unpaired) electrons. The zero-order chi connectivity index (χ0) is 34.3. The minimum Gasteiger partial charge on any atom is -0.465 e. The van der Waals surface area contributed by atoms with Crippen molar-refractivity contribution < 1.29 is 32.7 Å². The summed E-state index contributed by atoms with van der Waals surface area (Å²) in [7, 11) is 1.74. The summed E-state index contributed by atoms with van der Waals surface area (Å²) in [5.41, 5.74) is 0.509. The smallest absolute Gasteiger partial charge is 0.416 e. The number of fused-ring (bicyclic) bond motifs is 1. The van der Waals surface area contributed by atoms with Crippen LogP contribution >= 0.6 is 0 Å². The van der Waals surface area contributed by atoms with Crippen molar-refractivity contribution in [3.05, 3.63) is 76.6 Å². The fourth-order valence-electron chi connectivity index (χ4n) is 6.29. The molecule has 15 heteroatoms. The van der Waals surface area contributed by atoms with Crippen LogP contribution in [0.25, 0.3) is 22.5 Å². The number of anilines is 2. The highest BCUT2D eigenvalue weighted by atomic mass is 19.4. The molecule has 6 rings (SSSR count). The number of hydrogen-bond donors (Lipinski definition) is 2. The highest BCUT2D eigenvalue weighted by Crippen LogP contribution is 2.41. The number of aryl methyl sites for hydroxylation is 1. The summed E-state index contributed by atoms with van der Waals surface area (Å²) in [5.74, 6) is -0.124. The lowest BCUT2D eigenvalue weighted by Crippen LogP contribution is -2.41. The summed E-state index contributed by atoms with van der Waals surface area (Å²) in [6.45, 7) is 1.38. The van der Waals surface area contributed by atoms with E-state index in [1.54, 1.807) is 41.9 Å². The Morgan fingerprint density at radius 3 is 2.56 bits per heavy atom. The van der Waals surface area contributed by atoms with E-state index >= 15 is 0 Å². The normalized spacial score (nSPS) is 15.8. The quantitative estimate of drug-likeness (QED) is 0.245. The first-order valence-corrected chi connectivity index (χ1v) is 15.1. The maximum Gasteiger partial charge on any atom is 0.416 e. The minimum atomic E-state index is -4.86. The van der Waals surface area contributed by atoms with Crippen LogP contribution in [0.15, 0.2) is 48.8 Å². The van der Waals surface area contributed by atoms with Gasteiger partial charge in [0.05, 0.1) is 29.8 Å². The second-order valence-corrected chi connectivity index (χ2v) is 11.6. The first kappa shape index (κ1) is 32.2. The van der Waals surface area contributed by atoms with Gasteiger partial charge in [0.15, 0.2) is 11.6 Å². The second kappa shape index (κ2) is 12.4. The Hall–Kier alpha value is -5.78. The third-order valence-electron chi connectivity index (χ3n) is 8.51. The highest BCUT2D eigenvalue weighted by molar-refractivity contribution is 6.10. The van der Waals surface area contributed by atoms with Crippen molar-refractivity contribution in [1.29, 1.82) is 5.26 Å². The molecule has 2 amide bonds. The van der Waals surface area contributed by atoms with E-state index in [-0.39, 0.29) is 41.1 Å². The monoisotopic (exact) mass is 658 g/mol. The summed E-state index contributed by atoms with van der Waals surface area (Å²) in [4.78, 5) is 44.9. The lowest BCUT2D eigenvalue weighted by molar-refractivity contribution is -0.138. The van der Waals surface area contributed by atoms with Crippen LogP contribution in [0, 0.1) is 11.3 Å². The van der Waals surface area contributed by atoms with Gasteiger partial charge in [-0.15, -0.1) is 10.2 Å². The van der Waals surface area contributed by atoms with E-state index in [1.807, 2.05) is 6.92 Å². The van der Waals surface area contributed by atoms with E-state index in [9.17, 15) is 37.9 Å². The zero-order valence-electron chi connectivity index (χ0n) is 25.9. The number of carbonyl (C=O) groups excluding carboxylic acids is 2. The Kier molecular flexibility index (Phi) is 8.34. The number of aromatic nitrogens is 4. The largest absolute Gasteiger partial charge is 0.465 e. The van der Waals surface area contributed by atoms with E-state index < -0.39 is 42.9 Å². The lowest BCUT2D eigenvalue weighted by Gasteiger charge is -2.25. The molecule has 246 valence electrons. The molecule has 0 bridgehead atoms. The molecule has 3 heterocycles. The first-order chi connectivity index (χ1) is 22.9. The van der Waals surface area contributed by atoms with Gasteiger partial charge in [-0.05, 0) is 78.4 Å². The second-order valence-electron chi connectivity index (χ2n) is 11.6. The number of alkyl halides is 3. The molecule has 1 aliphatic heterocycles. The molecule has 1 fully saturated rings. The number of nitrogens with one attached hydrogen (secondary N) is 1. The van der Waals surface area contributed by atoms with Crippen LogP contribution in [0.4, 0.5) is 29.6 Å². The van der Waals surface area contributed by atoms with Gasteiger partial charge in [0.1, 0.15) is 18.0 Å². The van der Waals surface area contributed by atoms with Gasteiger partial charge in [-0.25, -0.2) is 9.78 Å². The molecule has 1 aliphatic carbocycles. The topological polar surface area (TPSA) is 157 Å². The molecule has 0 saturated heterocycles. The SMILES string of the molecule is CCNc1cc(-c2ccc(C#N)cc2-c2nncn2C)cc(N2Cc3c(cc(CN(C(=O)O)C4CCCC4=O)cc3C(F)(F)F)C2=O)n1. The van der Waals surface area contributed by atoms with Gasteiger partial charge in [0.2, 0.25) is 0 Å². The Morgan fingerprint density at radius 2 is 1.94 bits per heavy atom. The molecule has 48 heavy (non-hydrogen) atoms. The first-order valence-electron chi connectivity index (χ1n) is 15.1. The van der Waals surface area contributed by atoms with Crippen molar-refractivity contribution >= 4 is 29.4 Å². The van der Waals surface area contributed by atoms with Crippen molar-refractivity contribution in [3.8, 4) is 28.6 Å². The molecular weight excluding hydrogens is 629 g/mol. The fourth-order valence-corrected chi connectivity index (χ4v) is 6.29. The van der Waals surface area contributed by atoms with Crippen LogP contribution in [0.1, 0.15) is 58.8 Å². The van der Waals surface area contributed by atoms with Crippen molar-refractivity contribution in [2.24, 2.45) is 7.05 Å². The van der Waals surface area contributed by atoms with Gasteiger partial charge < -0.3 is 15.0 Å². The van der Waals surface area contributed by atoms with Crippen LogP contribution in [0.3, 0.4) is 0 Å². The number of carboxylic acid groups (broad SMARTS) is 1. The number of rotatable bonds is 8. The molecule has 2 aliphatic rings. The predicted molar refractivity (Wildman–Crippen MR) is 167 cm³/mol. The van der Waals surface area contributed by atoms with E-state index in [2.05, 4.69) is 26.6 Å². The number of halogens is 3. The van der Waals surface area contributed by atoms with Gasteiger partial charge in [-0.1, -0.05) is 6.07 Å². The van der Waals surface area contributed by atoms with Crippen LogP contribution in [0.2, 0.25) is 0 Å². The Balaban J connectivity index is 1.43. The Labute approximate surface area is 272 Å². The molecule has 1 atom stereocenters. The molecule has 12 nitrogen and oxygen atoms in total. The van der Waals surface area contributed by atoms with Gasteiger partial charge in [-0.3, -0.25) is 19.4 Å². The van der Waals surface area contributed by atoms with Gasteiger partial charge >= 0.3 is 12.3 Å². The van der Waals surface area contributed by atoms with Gasteiger partial charge in [0.25, 0.3) is 5.91 Å². The van der Waals surface area contributed by atoms with Crippen LogP contribution < -0.4 is 10.2 Å². The summed E-state index contributed by atoms with van der Waals surface area (Å²) in [5, 5.41) is 30.6. The van der Waals surface area contributed by atoms with Crippen LogP contribution in [-0.2, 0) is 31.1 Å². The highest BCUT2D eigenvalue weighted by Gasteiger charge is 2.42. The minimum absolute atomic E-state index is 0.0562. The fraction of sp³-hybridized carbons (Fsp3) is 0.303. The standard InChI is InChI=1S/C33H29F3N8O4/c1-3-38-28-12-20(21-8-7-18(14-37)9-22(21)30-41-39-17-42(30)2)13-29(40-28)44-16-24-23(31(44)46)10-19(11-25(24)33(34,35)36)15-43(32(47)48)26-5-4-6-27(26)45/h7-13,17,26H,3-6,15-16H2,1-2H3,(H,38,40)(H,47,48). The third kappa shape index (κ3) is 5.92. The summed E-state index contributed by atoms with van der Waals surface area (Å²) < 4.78 is 45.1. The van der Waals surface area contributed by atoms with Crippen molar-refractivity contribution in [2.75, 3.05) is 16.8 Å². The zero-order valence-corrected chi connectivity index (χ0v) is 25.9. The maximum atomic E-state index is 14.5. The van der Waals surface area contributed by atoms with E-state index in [4.69, 9.17) is 0 Å². The van der Waals surface area contributed by atoms with Gasteiger partial charge in [0, 0.05) is 37.7 Å². The predicted octanol–water partition coefficient (Wildman–Crippen LogP) is 5.63. The number of pyridine rings is 1. The molecule has 2 N–H and O–H groups in total. The molecule has 2 aromatic heterocycles. The van der Waals surface area contributed by atoms with Crippen LogP contribution in [-0.4, -0.2) is 60.1 Å². The summed E-state index contributed by atoms with van der Waals surface area (Å²) in [6, 6.07) is 11.6. The average molecular weight is 659 g/mol. The average Bonchev–Trinajstić information content (AvgIpc) is 3.76. The Bertz CT molecular complexity index is 2000. The number of ketones is 1. The van der Waals surface area contributed by atoms with Crippen molar-refractivity contribution in [3.63, 3.8) is 0 Å². The number of Topliss-reactive ketones (excluding diaryl/α,β-unsaturated/α-hetero) is 1. The number of amides is 2. The number of nitrogens with zero attached hydrogens (tertiary/aromatic N) is 7. The van der Waals surface area contributed by atoms with E-state index in [1.165, 1.54) is 12.4 Å². The molecule has 1 saturated carbocycles. The molecule has 2 aromatic carbocycles. The number of carbonyl (C=O) groups is 3. The summed E-state index contributed by atoms with van der Waals surface area (Å²) in [6.07, 6.45) is -3.81. The Morgan fingerprint density at radius 1 is 1.15 bits per heavy atom. The molecule has 1 unspecified atom stereocenters. The molecule has 4 aromatic rings. The maximum absolute atomic E-state index is 14.5. The third-order valence-corrected chi connectivity index (χ3v) is 8.51. The molecular formula is C33H29F3N8O4. The number of hydrogen-bond acceptors (Lipinski definition) is 8. The number of benzene rings is 2. The van der Waals surface area contributed by atoms with E-state index in [0.29, 0.717) is 46.9 Å². The van der Waals surface area contributed by atoms with Crippen molar-refractivity contribution in [1.82, 2.24) is 24.6 Å². The van der Waals surface area contributed by atoms with Crippen molar-refractivity contribution in [2.45, 2.75) is 51.5 Å². The summed E-state index contributed by atoms with van der Waals surface area (Å²) >= 11 is 0. The van der Waals surface area contributed by atoms with Gasteiger partial charge in [-0.2, -0.15) is 18.4 Å². The van der Waals surface area contributed by atoms with Crippen LogP contribution in [0.5, 0.6) is 0 Å².